The minimum absolute atomic E-state index is 0.148. The fraction of sp³-hybridized carbons (Fsp3) is 0.318. The standard InChI is InChI=1S/C22H25N3O5/c1-28-21(26)16-30-20-8-4-17(5-9-20)14-23-24-22(27)19-6-2-18(3-7-19)15-25-10-12-29-13-11-25/h2-9,14H,10-13,15-16H2,1H3,(H,24,27). The first-order valence-electron chi connectivity index (χ1n) is 9.66. The Morgan fingerprint density at radius 2 is 1.80 bits per heavy atom. The molecule has 0 saturated carbocycles. The van der Waals surface area contributed by atoms with Crippen LogP contribution in [0.1, 0.15) is 21.5 Å². The molecule has 0 bridgehead atoms. The Balaban J connectivity index is 1.46. The van der Waals surface area contributed by atoms with Gasteiger partial charge < -0.3 is 14.2 Å². The summed E-state index contributed by atoms with van der Waals surface area (Å²) in [5.74, 6) is -0.182. The summed E-state index contributed by atoms with van der Waals surface area (Å²) in [6.45, 7) is 4.09. The SMILES string of the molecule is COC(=O)COc1ccc(C=NNC(=O)c2ccc(CN3CCOCC3)cc2)cc1. The van der Waals surface area contributed by atoms with E-state index in [1.807, 2.05) is 12.1 Å². The van der Waals surface area contributed by atoms with Crippen molar-refractivity contribution in [1.82, 2.24) is 10.3 Å². The molecule has 8 heteroatoms. The summed E-state index contributed by atoms with van der Waals surface area (Å²) < 4.78 is 15.1. The second-order valence-electron chi connectivity index (χ2n) is 6.72. The normalized spacial score (nSPS) is 14.4. The topological polar surface area (TPSA) is 89.5 Å². The van der Waals surface area contributed by atoms with Crippen molar-refractivity contribution in [3.8, 4) is 5.75 Å². The molecule has 30 heavy (non-hydrogen) atoms. The predicted molar refractivity (Wildman–Crippen MR) is 112 cm³/mol. The fourth-order valence-electron chi connectivity index (χ4n) is 2.86. The Labute approximate surface area is 175 Å². The van der Waals surface area contributed by atoms with E-state index in [2.05, 4.69) is 20.2 Å². The molecule has 0 unspecified atom stereocenters. The van der Waals surface area contributed by atoms with E-state index in [-0.39, 0.29) is 12.5 Å². The molecular formula is C22H25N3O5. The smallest absolute Gasteiger partial charge is 0.343 e. The Bertz CT molecular complexity index is 859. The third kappa shape index (κ3) is 6.68. The number of rotatable bonds is 8. The number of esters is 1. The van der Waals surface area contributed by atoms with Gasteiger partial charge in [-0.25, -0.2) is 10.2 Å². The number of methoxy groups -OCH3 is 1. The Kier molecular flexibility index (Phi) is 7.94. The number of nitrogens with one attached hydrogen (secondary N) is 1. The quantitative estimate of drug-likeness (QED) is 0.405. The van der Waals surface area contributed by atoms with E-state index in [1.165, 1.54) is 13.3 Å². The van der Waals surface area contributed by atoms with Crippen molar-refractivity contribution < 1.29 is 23.8 Å². The zero-order chi connectivity index (χ0) is 21.2. The van der Waals surface area contributed by atoms with Gasteiger partial charge in [0.15, 0.2) is 6.61 Å². The van der Waals surface area contributed by atoms with Crippen LogP contribution in [0.2, 0.25) is 0 Å². The molecule has 0 aromatic heterocycles. The summed E-state index contributed by atoms with van der Waals surface area (Å²) in [6, 6.07) is 14.5. The molecule has 1 aliphatic heterocycles. The molecule has 1 aliphatic rings. The summed E-state index contributed by atoms with van der Waals surface area (Å²) in [5.41, 5.74) is 5.01. The van der Waals surface area contributed by atoms with Crippen LogP contribution in [0.3, 0.4) is 0 Å². The summed E-state index contributed by atoms with van der Waals surface area (Å²) in [6.07, 6.45) is 1.54. The highest BCUT2D eigenvalue weighted by Crippen LogP contribution is 2.11. The molecule has 0 aliphatic carbocycles. The van der Waals surface area contributed by atoms with Gasteiger partial charge in [0.1, 0.15) is 5.75 Å². The van der Waals surface area contributed by atoms with E-state index in [4.69, 9.17) is 9.47 Å². The van der Waals surface area contributed by atoms with Crippen molar-refractivity contribution in [1.29, 1.82) is 0 Å². The van der Waals surface area contributed by atoms with E-state index in [1.54, 1.807) is 36.4 Å². The summed E-state index contributed by atoms with van der Waals surface area (Å²) >= 11 is 0. The number of hydrazone groups is 1. The van der Waals surface area contributed by atoms with Crippen LogP contribution < -0.4 is 10.2 Å². The molecule has 158 valence electrons. The third-order valence-corrected chi connectivity index (χ3v) is 4.57. The van der Waals surface area contributed by atoms with E-state index >= 15 is 0 Å². The van der Waals surface area contributed by atoms with E-state index in [0.29, 0.717) is 11.3 Å². The first-order valence-corrected chi connectivity index (χ1v) is 9.66. The average molecular weight is 411 g/mol. The Hall–Kier alpha value is -3.23. The minimum Gasteiger partial charge on any atom is -0.482 e. The van der Waals surface area contributed by atoms with Crippen molar-refractivity contribution in [2.45, 2.75) is 6.54 Å². The Morgan fingerprint density at radius 1 is 1.10 bits per heavy atom. The number of hydrogen-bond acceptors (Lipinski definition) is 7. The molecule has 1 amide bonds. The average Bonchev–Trinajstić information content (AvgIpc) is 2.79. The molecule has 3 rings (SSSR count). The van der Waals surface area contributed by atoms with Crippen LogP contribution in [0.4, 0.5) is 0 Å². The fourth-order valence-corrected chi connectivity index (χ4v) is 2.86. The predicted octanol–water partition coefficient (Wildman–Crippen LogP) is 1.83. The molecule has 0 radical (unpaired) electrons. The lowest BCUT2D eigenvalue weighted by Crippen LogP contribution is -2.35. The van der Waals surface area contributed by atoms with Gasteiger partial charge in [-0.3, -0.25) is 9.69 Å². The minimum atomic E-state index is -0.447. The number of ether oxygens (including phenoxy) is 3. The van der Waals surface area contributed by atoms with Gasteiger partial charge in [-0.05, 0) is 47.5 Å². The Morgan fingerprint density at radius 3 is 2.47 bits per heavy atom. The van der Waals surface area contributed by atoms with Crippen LogP contribution in [0.5, 0.6) is 5.75 Å². The number of nitrogens with zero attached hydrogens (tertiary/aromatic N) is 2. The monoisotopic (exact) mass is 411 g/mol. The van der Waals surface area contributed by atoms with Crippen molar-refractivity contribution in [3.63, 3.8) is 0 Å². The zero-order valence-corrected chi connectivity index (χ0v) is 16.9. The van der Waals surface area contributed by atoms with E-state index < -0.39 is 5.97 Å². The molecule has 0 atom stereocenters. The zero-order valence-electron chi connectivity index (χ0n) is 16.9. The van der Waals surface area contributed by atoms with Gasteiger partial charge in [-0.15, -0.1) is 0 Å². The van der Waals surface area contributed by atoms with Crippen molar-refractivity contribution >= 4 is 18.1 Å². The van der Waals surface area contributed by atoms with Crippen LogP contribution in [0, 0.1) is 0 Å². The van der Waals surface area contributed by atoms with Crippen molar-refractivity contribution in [2.24, 2.45) is 5.10 Å². The molecule has 0 spiro atoms. The molecule has 1 N–H and O–H groups in total. The number of benzene rings is 2. The van der Waals surface area contributed by atoms with Crippen LogP contribution >= 0.6 is 0 Å². The summed E-state index contributed by atoms with van der Waals surface area (Å²) in [7, 11) is 1.30. The number of morpholine rings is 1. The van der Waals surface area contributed by atoms with Crippen LogP contribution in [0.15, 0.2) is 53.6 Å². The molecular weight excluding hydrogens is 386 g/mol. The third-order valence-electron chi connectivity index (χ3n) is 4.57. The molecule has 8 nitrogen and oxygen atoms in total. The highest BCUT2D eigenvalue weighted by atomic mass is 16.6. The number of hydrogen-bond donors (Lipinski definition) is 1. The van der Waals surface area contributed by atoms with E-state index in [9.17, 15) is 9.59 Å². The van der Waals surface area contributed by atoms with Crippen molar-refractivity contribution in [2.75, 3.05) is 40.0 Å². The highest BCUT2D eigenvalue weighted by Gasteiger charge is 2.11. The first kappa shape index (κ1) is 21.5. The molecule has 1 fully saturated rings. The van der Waals surface area contributed by atoms with Gasteiger partial charge in [0.2, 0.25) is 0 Å². The largest absolute Gasteiger partial charge is 0.482 e. The number of amides is 1. The highest BCUT2D eigenvalue weighted by molar-refractivity contribution is 5.94. The number of carbonyl (C=O) groups excluding carboxylic acids is 2. The van der Waals surface area contributed by atoms with Crippen LogP contribution in [-0.4, -0.2) is 63.0 Å². The molecule has 2 aromatic carbocycles. The van der Waals surface area contributed by atoms with E-state index in [0.717, 1.165) is 44.0 Å². The maximum absolute atomic E-state index is 12.3. The summed E-state index contributed by atoms with van der Waals surface area (Å²) in [5, 5.41) is 3.99. The van der Waals surface area contributed by atoms with Gasteiger partial charge in [0.25, 0.3) is 5.91 Å². The second-order valence-corrected chi connectivity index (χ2v) is 6.72. The maximum atomic E-state index is 12.3. The molecule has 1 heterocycles. The number of carbonyl (C=O) groups is 2. The van der Waals surface area contributed by atoms with Gasteiger partial charge in [-0.1, -0.05) is 12.1 Å². The second kappa shape index (κ2) is 11.1. The lowest BCUT2D eigenvalue weighted by molar-refractivity contribution is -0.142. The van der Waals surface area contributed by atoms with Crippen molar-refractivity contribution in [3.05, 3.63) is 65.2 Å². The molecule has 2 aromatic rings. The lowest BCUT2D eigenvalue weighted by Gasteiger charge is -2.26. The first-order chi connectivity index (χ1) is 14.6. The molecule has 1 saturated heterocycles. The van der Waals surface area contributed by atoms with Gasteiger partial charge in [0, 0.05) is 25.2 Å². The maximum Gasteiger partial charge on any atom is 0.343 e. The summed E-state index contributed by atoms with van der Waals surface area (Å²) in [4.78, 5) is 25.6. The van der Waals surface area contributed by atoms with Crippen LogP contribution in [0.25, 0.3) is 0 Å². The van der Waals surface area contributed by atoms with Crippen LogP contribution in [-0.2, 0) is 20.8 Å². The van der Waals surface area contributed by atoms with Gasteiger partial charge in [-0.2, -0.15) is 5.10 Å². The van der Waals surface area contributed by atoms with Gasteiger partial charge >= 0.3 is 5.97 Å². The lowest BCUT2D eigenvalue weighted by atomic mass is 10.1. The van der Waals surface area contributed by atoms with Gasteiger partial charge in [0.05, 0.1) is 26.5 Å².